The third kappa shape index (κ3) is 4.56. The molecule has 1 saturated heterocycles. The zero-order valence-electron chi connectivity index (χ0n) is 15.3. The molecule has 0 spiro atoms. The van der Waals surface area contributed by atoms with Crippen molar-refractivity contribution in [2.24, 2.45) is 0 Å². The number of nitrogens with one attached hydrogen (secondary N) is 2. The normalized spacial score (nSPS) is 18.5. The number of imide groups is 1. The lowest BCUT2D eigenvalue weighted by Crippen LogP contribution is -2.34. The first-order chi connectivity index (χ1) is 14.0. The van der Waals surface area contributed by atoms with Crippen LogP contribution in [0.4, 0.5) is 19.7 Å². The Morgan fingerprint density at radius 2 is 1.93 bits per heavy atom. The molecular formula is C20H18FN3O3S2. The van der Waals surface area contributed by atoms with Crippen LogP contribution in [0.3, 0.4) is 0 Å². The summed E-state index contributed by atoms with van der Waals surface area (Å²) < 4.78 is 13.6. The standard InChI is InChI=1S/C20H18FN3O3S2/c21-13-3-6-17-15(9-13)16(7-8-28-17)23-19(26)22-14-4-1-12(2-5-14)10-24-18(25)11-29-20(24)27/h1-6,9,16H,7-8,10-11H2,(H2,22,23,26). The molecule has 9 heteroatoms. The molecule has 0 saturated carbocycles. The number of benzene rings is 2. The van der Waals surface area contributed by atoms with Crippen LogP contribution in [0.1, 0.15) is 23.6 Å². The number of nitrogens with zero attached hydrogens (tertiary/aromatic N) is 1. The van der Waals surface area contributed by atoms with Gasteiger partial charge < -0.3 is 10.6 Å². The van der Waals surface area contributed by atoms with E-state index in [1.54, 1.807) is 42.1 Å². The molecule has 0 radical (unpaired) electrons. The maximum Gasteiger partial charge on any atom is 0.319 e. The predicted octanol–water partition coefficient (Wildman–Crippen LogP) is 4.38. The van der Waals surface area contributed by atoms with E-state index in [1.807, 2.05) is 0 Å². The summed E-state index contributed by atoms with van der Waals surface area (Å²) in [6.07, 6.45) is 0.726. The maximum absolute atomic E-state index is 13.6. The van der Waals surface area contributed by atoms with Gasteiger partial charge in [0.1, 0.15) is 5.82 Å². The summed E-state index contributed by atoms with van der Waals surface area (Å²) in [5.41, 5.74) is 2.18. The number of rotatable bonds is 4. The molecule has 4 rings (SSSR count). The molecule has 2 N–H and O–H groups in total. The smallest absolute Gasteiger partial charge is 0.319 e. The van der Waals surface area contributed by atoms with Gasteiger partial charge in [0.15, 0.2) is 0 Å². The van der Waals surface area contributed by atoms with Crippen LogP contribution in [0.15, 0.2) is 47.4 Å². The van der Waals surface area contributed by atoms with Crippen molar-refractivity contribution in [3.63, 3.8) is 0 Å². The van der Waals surface area contributed by atoms with Gasteiger partial charge in [-0.2, -0.15) is 0 Å². The van der Waals surface area contributed by atoms with Crippen molar-refractivity contribution in [1.82, 2.24) is 10.2 Å². The van der Waals surface area contributed by atoms with Gasteiger partial charge in [0.05, 0.1) is 18.3 Å². The van der Waals surface area contributed by atoms with Gasteiger partial charge in [-0.15, -0.1) is 11.8 Å². The highest BCUT2D eigenvalue weighted by Crippen LogP contribution is 2.36. The number of urea groups is 1. The fourth-order valence-electron chi connectivity index (χ4n) is 3.25. The zero-order chi connectivity index (χ0) is 20.4. The van der Waals surface area contributed by atoms with E-state index >= 15 is 0 Å². The topological polar surface area (TPSA) is 78.5 Å². The van der Waals surface area contributed by atoms with Crippen molar-refractivity contribution in [3.05, 3.63) is 59.4 Å². The van der Waals surface area contributed by atoms with Gasteiger partial charge in [0.25, 0.3) is 5.24 Å². The molecule has 2 aliphatic rings. The van der Waals surface area contributed by atoms with Crippen LogP contribution in [-0.2, 0) is 11.3 Å². The van der Waals surface area contributed by atoms with Gasteiger partial charge in [0.2, 0.25) is 5.91 Å². The quantitative estimate of drug-likeness (QED) is 0.751. The second-order valence-electron chi connectivity index (χ2n) is 6.70. The van der Waals surface area contributed by atoms with E-state index in [0.29, 0.717) is 5.69 Å². The Morgan fingerprint density at radius 1 is 1.14 bits per heavy atom. The van der Waals surface area contributed by atoms with Gasteiger partial charge in [-0.3, -0.25) is 14.5 Å². The van der Waals surface area contributed by atoms with E-state index in [9.17, 15) is 18.8 Å². The first-order valence-electron chi connectivity index (χ1n) is 9.05. The van der Waals surface area contributed by atoms with Gasteiger partial charge in [-0.1, -0.05) is 23.9 Å². The second kappa shape index (κ2) is 8.46. The summed E-state index contributed by atoms with van der Waals surface area (Å²) in [5, 5.41) is 5.44. The first kappa shape index (κ1) is 19.8. The molecule has 2 heterocycles. The van der Waals surface area contributed by atoms with Gasteiger partial charge in [-0.25, -0.2) is 9.18 Å². The van der Waals surface area contributed by atoms with Gasteiger partial charge in [0, 0.05) is 16.3 Å². The number of hydrogen-bond donors (Lipinski definition) is 2. The number of thioether (sulfide) groups is 2. The Balaban J connectivity index is 1.36. The largest absolute Gasteiger partial charge is 0.331 e. The van der Waals surface area contributed by atoms with Crippen molar-refractivity contribution >= 4 is 46.4 Å². The van der Waals surface area contributed by atoms with E-state index < -0.39 is 0 Å². The van der Waals surface area contributed by atoms with E-state index in [-0.39, 0.29) is 41.3 Å². The summed E-state index contributed by atoms with van der Waals surface area (Å²) in [5.74, 6) is 0.530. The van der Waals surface area contributed by atoms with Gasteiger partial charge >= 0.3 is 6.03 Å². The zero-order valence-corrected chi connectivity index (χ0v) is 16.9. The molecule has 0 aliphatic carbocycles. The molecule has 2 aromatic rings. The average Bonchev–Trinajstić information content (AvgIpc) is 3.02. The molecule has 2 aromatic carbocycles. The highest BCUT2D eigenvalue weighted by Gasteiger charge is 2.29. The minimum atomic E-state index is -0.369. The molecule has 2 aliphatic heterocycles. The summed E-state index contributed by atoms with van der Waals surface area (Å²) in [6, 6.07) is 11.0. The molecule has 29 heavy (non-hydrogen) atoms. The van der Waals surface area contributed by atoms with Crippen LogP contribution in [0.5, 0.6) is 0 Å². The van der Waals surface area contributed by atoms with Crippen molar-refractivity contribution in [2.45, 2.75) is 23.9 Å². The average molecular weight is 432 g/mol. The number of carbonyl (C=O) groups excluding carboxylic acids is 3. The summed E-state index contributed by atoms with van der Waals surface area (Å²) in [6.45, 7) is 0.221. The third-order valence-electron chi connectivity index (χ3n) is 4.71. The number of hydrogen-bond acceptors (Lipinski definition) is 5. The van der Waals surface area contributed by atoms with Crippen LogP contribution in [0.2, 0.25) is 0 Å². The molecule has 0 aromatic heterocycles. The Hall–Kier alpha value is -2.52. The highest BCUT2D eigenvalue weighted by atomic mass is 32.2. The van der Waals surface area contributed by atoms with Crippen LogP contribution in [-0.4, -0.2) is 33.6 Å². The number of carbonyl (C=O) groups is 3. The maximum atomic E-state index is 13.6. The minimum absolute atomic E-state index is 0.186. The summed E-state index contributed by atoms with van der Waals surface area (Å²) in [4.78, 5) is 38.0. The lowest BCUT2D eigenvalue weighted by atomic mass is 10.0. The monoisotopic (exact) mass is 431 g/mol. The Labute approximate surface area is 175 Å². The number of amides is 4. The molecule has 4 amide bonds. The van der Waals surface area contributed by atoms with Crippen molar-refractivity contribution < 1.29 is 18.8 Å². The fourth-order valence-corrected chi connectivity index (χ4v) is 5.08. The molecule has 1 unspecified atom stereocenters. The molecule has 0 bridgehead atoms. The molecule has 1 atom stereocenters. The SMILES string of the molecule is O=C(Nc1ccc(CN2C(=O)CSC2=O)cc1)NC1CCSc2ccc(F)cc21. The summed E-state index contributed by atoms with van der Waals surface area (Å²) >= 11 is 2.66. The summed E-state index contributed by atoms with van der Waals surface area (Å²) in [7, 11) is 0. The van der Waals surface area contributed by atoms with Crippen molar-refractivity contribution in [1.29, 1.82) is 0 Å². The molecule has 1 fully saturated rings. The number of halogens is 1. The van der Waals surface area contributed by atoms with Crippen LogP contribution in [0, 0.1) is 5.82 Å². The van der Waals surface area contributed by atoms with Crippen molar-refractivity contribution in [3.8, 4) is 0 Å². The minimum Gasteiger partial charge on any atom is -0.331 e. The number of fused-ring (bicyclic) bond motifs is 1. The van der Waals surface area contributed by atoms with E-state index in [0.717, 1.165) is 40.0 Å². The lowest BCUT2D eigenvalue weighted by Gasteiger charge is -2.26. The Morgan fingerprint density at radius 3 is 2.66 bits per heavy atom. The van der Waals surface area contributed by atoms with Crippen LogP contribution < -0.4 is 10.6 Å². The first-order valence-corrected chi connectivity index (χ1v) is 11.0. The van der Waals surface area contributed by atoms with E-state index in [1.165, 1.54) is 17.0 Å². The third-order valence-corrected chi connectivity index (χ3v) is 6.69. The van der Waals surface area contributed by atoms with Crippen LogP contribution >= 0.6 is 23.5 Å². The van der Waals surface area contributed by atoms with Crippen molar-refractivity contribution in [2.75, 3.05) is 16.8 Å². The second-order valence-corrected chi connectivity index (χ2v) is 8.77. The van der Waals surface area contributed by atoms with E-state index in [4.69, 9.17) is 0 Å². The molecular weight excluding hydrogens is 413 g/mol. The lowest BCUT2D eigenvalue weighted by molar-refractivity contribution is -0.125. The fraction of sp³-hybridized carbons (Fsp3) is 0.250. The van der Waals surface area contributed by atoms with Crippen LogP contribution in [0.25, 0.3) is 0 Å². The molecule has 150 valence electrons. The van der Waals surface area contributed by atoms with Gasteiger partial charge in [-0.05, 0) is 47.9 Å². The van der Waals surface area contributed by atoms with E-state index in [2.05, 4.69) is 10.6 Å². The Bertz CT molecular complexity index is 952. The number of anilines is 1. The molecule has 6 nitrogen and oxygen atoms in total. The highest BCUT2D eigenvalue weighted by molar-refractivity contribution is 8.14. The predicted molar refractivity (Wildman–Crippen MR) is 111 cm³/mol. The Kier molecular flexibility index (Phi) is 5.77.